The van der Waals surface area contributed by atoms with E-state index in [1.807, 2.05) is 66.7 Å². The van der Waals surface area contributed by atoms with Gasteiger partial charge in [0.05, 0.1) is 22.7 Å². The van der Waals surface area contributed by atoms with Gasteiger partial charge in [-0.25, -0.2) is 4.98 Å². The number of rotatable bonds is 4. The van der Waals surface area contributed by atoms with E-state index in [9.17, 15) is 5.26 Å². The molecule has 0 aliphatic carbocycles. The molecule has 0 saturated carbocycles. The minimum atomic E-state index is 0.651. The van der Waals surface area contributed by atoms with E-state index in [-0.39, 0.29) is 0 Å². The number of aryl methyl sites for hydroxylation is 1. The van der Waals surface area contributed by atoms with Crippen molar-refractivity contribution < 1.29 is 0 Å². The Morgan fingerprint density at radius 1 is 0.686 bits per heavy atom. The maximum absolute atomic E-state index is 9.47. The topological polar surface area (TPSA) is 44.9 Å². The van der Waals surface area contributed by atoms with Crippen LogP contribution in [0.15, 0.2) is 115 Å². The highest BCUT2D eigenvalue weighted by Gasteiger charge is 2.18. The van der Waals surface area contributed by atoms with Crippen LogP contribution in [0.5, 0.6) is 0 Å². The van der Waals surface area contributed by atoms with Crippen LogP contribution in [0.1, 0.15) is 11.1 Å². The lowest BCUT2D eigenvalue weighted by molar-refractivity contribution is 1.05. The lowest BCUT2D eigenvalue weighted by atomic mass is 10.1. The molecule has 0 radical (unpaired) electrons. The first-order valence-electron chi connectivity index (χ1n) is 11.6. The summed E-state index contributed by atoms with van der Waals surface area (Å²) in [4.78, 5) is 7.37. The quantitative estimate of drug-likeness (QED) is 0.275. The van der Waals surface area contributed by atoms with Crippen molar-refractivity contribution in [3.05, 3.63) is 126 Å². The summed E-state index contributed by atoms with van der Waals surface area (Å²) in [5.41, 5.74) is 5.94. The van der Waals surface area contributed by atoms with Gasteiger partial charge in [0.1, 0.15) is 11.6 Å². The second kappa shape index (κ2) is 8.48. The summed E-state index contributed by atoms with van der Waals surface area (Å²) in [5, 5.41) is 11.6. The molecule has 0 unspecified atom stereocenters. The minimum absolute atomic E-state index is 0.651. The second-order valence-electron chi connectivity index (χ2n) is 8.56. The molecular formula is C31H22N4. The van der Waals surface area contributed by atoms with Gasteiger partial charge in [-0.05, 0) is 73.2 Å². The van der Waals surface area contributed by atoms with Crippen LogP contribution in [0.25, 0.3) is 27.6 Å². The van der Waals surface area contributed by atoms with Gasteiger partial charge in [0.25, 0.3) is 0 Å². The Hall–Kier alpha value is -4.88. The number of hydrogen-bond donors (Lipinski definition) is 0. The number of nitrogens with zero attached hydrogens (tertiary/aromatic N) is 4. The predicted molar refractivity (Wildman–Crippen MR) is 143 cm³/mol. The third-order valence-electron chi connectivity index (χ3n) is 6.23. The molecule has 0 fully saturated rings. The average Bonchev–Trinajstić information content (AvgIpc) is 3.23. The summed E-state index contributed by atoms with van der Waals surface area (Å²) < 4.78 is 2.19. The van der Waals surface area contributed by atoms with Crippen LogP contribution >= 0.6 is 0 Å². The number of benzene rings is 4. The molecule has 35 heavy (non-hydrogen) atoms. The van der Waals surface area contributed by atoms with E-state index in [1.165, 1.54) is 0 Å². The van der Waals surface area contributed by atoms with Gasteiger partial charge in [0.2, 0.25) is 0 Å². The van der Waals surface area contributed by atoms with E-state index in [2.05, 4.69) is 71.0 Å². The van der Waals surface area contributed by atoms with Crippen molar-refractivity contribution >= 4 is 39.0 Å². The van der Waals surface area contributed by atoms with E-state index < -0.39 is 0 Å². The van der Waals surface area contributed by atoms with Crippen molar-refractivity contribution in [2.24, 2.45) is 0 Å². The van der Waals surface area contributed by atoms with E-state index in [1.54, 1.807) is 0 Å². The third-order valence-corrected chi connectivity index (χ3v) is 6.23. The molecule has 6 aromatic rings. The van der Waals surface area contributed by atoms with E-state index >= 15 is 0 Å². The molecule has 0 amide bonds. The molecule has 4 aromatic carbocycles. The lowest BCUT2D eigenvalue weighted by Gasteiger charge is -2.25. The molecule has 0 aliphatic rings. The maximum atomic E-state index is 9.47. The van der Waals surface area contributed by atoms with Gasteiger partial charge < -0.3 is 0 Å². The first-order valence-corrected chi connectivity index (χ1v) is 11.6. The number of aromatic nitrogens is 2. The summed E-state index contributed by atoms with van der Waals surface area (Å²) in [6, 6.07) is 41.2. The fourth-order valence-corrected chi connectivity index (χ4v) is 4.72. The average molecular weight is 451 g/mol. The second-order valence-corrected chi connectivity index (χ2v) is 8.56. The van der Waals surface area contributed by atoms with Crippen LogP contribution < -0.4 is 4.90 Å². The zero-order valence-corrected chi connectivity index (χ0v) is 19.3. The van der Waals surface area contributed by atoms with E-state index in [0.717, 1.165) is 50.4 Å². The Bertz CT molecular complexity index is 1670. The van der Waals surface area contributed by atoms with Crippen molar-refractivity contribution in [1.82, 2.24) is 9.55 Å². The fraction of sp³-hybridized carbons (Fsp3) is 0.0323. The standard InChI is InChI=1S/C31H22N4/c1-22-18-30(34(24-10-4-2-5-11-24)25-12-6-3-7-13-25)33-31(19-22)35-28-15-9-8-14-26(28)27-20-23(21-32)16-17-29(27)35/h2-20H,1H3. The molecular weight excluding hydrogens is 428 g/mol. The van der Waals surface area contributed by atoms with Crippen molar-refractivity contribution in [3.8, 4) is 11.9 Å². The van der Waals surface area contributed by atoms with Gasteiger partial charge in [-0.1, -0.05) is 54.6 Å². The van der Waals surface area contributed by atoms with Gasteiger partial charge in [-0.2, -0.15) is 5.26 Å². The SMILES string of the molecule is Cc1cc(N(c2ccccc2)c2ccccc2)nc(-n2c3ccccc3c3cc(C#N)ccc32)c1. The summed E-state index contributed by atoms with van der Waals surface area (Å²) >= 11 is 0. The summed E-state index contributed by atoms with van der Waals surface area (Å²) in [6.07, 6.45) is 0. The monoisotopic (exact) mass is 450 g/mol. The Kier molecular flexibility index (Phi) is 5.02. The Morgan fingerprint density at radius 2 is 1.31 bits per heavy atom. The number of para-hydroxylation sites is 3. The van der Waals surface area contributed by atoms with Crippen LogP contribution in [0, 0.1) is 18.3 Å². The molecule has 0 atom stereocenters. The van der Waals surface area contributed by atoms with Crippen molar-refractivity contribution in [3.63, 3.8) is 0 Å². The van der Waals surface area contributed by atoms with Gasteiger partial charge >= 0.3 is 0 Å². The third kappa shape index (κ3) is 3.60. The fourth-order valence-electron chi connectivity index (χ4n) is 4.72. The Morgan fingerprint density at radius 3 is 2.00 bits per heavy atom. The van der Waals surface area contributed by atoms with Crippen LogP contribution in [-0.2, 0) is 0 Å². The van der Waals surface area contributed by atoms with Crippen molar-refractivity contribution in [2.75, 3.05) is 4.90 Å². The number of anilines is 3. The zero-order chi connectivity index (χ0) is 23.8. The van der Waals surface area contributed by atoms with Gasteiger partial charge in [-0.3, -0.25) is 9.47 Å². The summed E-state index contributed by atoms with van der Waals surface area (Å²) in [7, 11) is 0. The number of nitriles is 1. The molecule has 2 heterocycles. The largest absolute Gasteiger partial charge is 0.295 e. The molecule has 0 bridgehead atoms. The van der Waals surface area contributed by atoms with Gasteiger partial charge in [-0.15, -0.1) is 0 Å². The Balaban J connectivity index is 1.62. The molecule has 4 heteroatoms. The zero-order valence-electron chi connectivity index (χ0n) is 19.3. The first-order chi connectivity index (χ1) is 17.2. The first kappa shape index (κ1) is 20.7. The molecule has 166 valence electrons. The molecule has 0 aliphatic heterocycles. The summed E-state index contributed by atoms with van der Waals surface area (Å²) in [6.45, 7) is 2.10. The van der Waals surface area contributed by atoms with E-state index in [0.29, 0.717) is 5.56 Å². The minimum Gasteiger partial charge on any atom is -0.295 e. The molecule has 0 N–H and O–H groups in total. The number of pyridine rings is 1. The van der Waals surface area contributed by atoms with Crippen LogP contribution in [0.3, 0.4) is 0 Å². The van der Waals surface area contributed by atoms with E-state index in [4.69, 9.17) is 4.98 Å². The normalized spacial score (nSPS) is 11.0. The van der Waals surface area contributed by atoms with Crippen molar-refractivity contribution in [1.29, 1.82) is 5.26 Å². The highest BCUT2D eigenvalue weighted by Crippen LogP contribution is 2.36. The maximum Gasteiger partial charge on any atom is 0.140 e. The van der Waals surface area contributed by atoms with Crippen LogP contribution in [-0.4, -0.2) is 9.55 Å². The molecule has 6 rings (SSSR count). The highest BCUT2D eigenvalue weighted by atomic mass is 15.2. The van der Waals surface area contributed by atoms with Crippen molar-refractivity contribution in [2.45, 2.75) is 6.92 Å². The van der Waals surface area contributed by atoms with Crippen LogP contribution in [0.2, 0.25) is 0 Å². The highest BCUT2D eigenvalue weighted by molar-refractivity contribution is 6.09. The lowest BCUT2D eigenvalue weighted by Crippen LogP contribution is -2.13. The Labute approximate surface area is 203 Å². The number of fused-ring (bicyclic) bond motifs is 3. The number of hydrogen-bond acceptors (Lipinski definition) is 3. The van der Waals surface area contributed by atoms with Crippen LogP contribution in [0.4, 0.5) is 17.2 Å². The molecule has 4 nitrogen and oxygen atoms in total. The van der Waals surface area contributed by atoms with Gasteiger partial charge in [0.15, 0.2) is 0 Å². The molecule has 2 aromatic heterocycles. The summed E-state index contributed by atoms with van der Waals surface area (Å²) in [5.74, 6) is 1.68. The molecule has 0 saturated heterocycles. The predicted octanol–water partition coefficient (Wildman–Crippen LogP) is 7.83. The smallest absolute Gasteiger partial charge is 0.140 e. The molecule has 0 spiro atoms. The van der Waals surface area contributed by atoms with Gasteiger partial charge in [0, 0.05) is 22.1 Å².